The molecule has 1 fully saturated rings. The summed E-state index contributed by atoms with van der Waals surface area (Å²) in [7, 11) is -9.40. The minimum atomic E-state index is -1.63. The Hall–Kier alpha value is 1.22. The van der Waals surface area contributed by atoms with Gasteiger partial charge in [-0.3, -0.25) is 0 Å². The van der Waals surface area contributed by atoms with Crippen LogP contribution in [0, 0.1) is 0 Å². The van der Waals surface area contributed by atoms with E-state index in [9.17, 15) is 0 Å². The van der Waals surface area contributed by atoms with Crippen LogP contribution in [-0.2, 0) is 8.23 Å². The Bertz CT molecular complexity index is 331. The zero-order chi connectivity index (χ0) is 16.4. The van der Waals surface area contributed by atoms with E-state index in [1.165, 1.54) is 0 Å². The van der Waals surface area contributed by atoms with Crippen LogP contribution < -0.4 is 0 Å². The van der Waals surface area contributed by atoms with Gasteiger partial charge in [-0.1, -0.05) is 26.2 Å². The van der Waals surface area contributed by atoms with Crippen molar-refractivity contribution in [2.24, 2.45) is 0 Å². The Labute approximate surface area is 132 Å². The van der Waals surface area contributed by atoms with Gasteiger partial charge in [-0.05, 0) is 52.4 Å². The minimum Gasteiger partial charge on any atom is -0.460 e. The molecular formula is C12H36O2Si6. The van der Waals surface area contributed by atoms with Crippen LogP contribution >= 0.6 is 0 Å². The third-order valence-electron chi connectivity index (χ3n) is 7.04. The summed E-state index contributed by atoms with van der Waals surface area (Å²) < 4.78 is 14.3. The Balaban J connectivity index is 3.53. The molecule has 2 nitrogen and oxygen atoms in total. The highest BCUT2D eigenvalue weighted by Crippen LogP contribution is 2.42. The van der Waals surface area contributed by atoms with Gasteiger partial charge >= 0.3 is 0 Å². The van der Waals surface area contributed by atoms with Gasteiger partial charge in [-0.2, -0.15) is 0 Å². The fourth-order valence-electron chi connectivity index (χ4n) is 3.24. The summed E-state index contributed by atoms with van der Waals surface area (Å²) in [5.41, 5.74) is 0. The van der Waals surface area contributed by atoms with E-state index in [4.69, 9.17) is 8.23 Å². The first kappa shape index (κ1) is 19.3. The quantitative estimate of drug-likeness (QED) is 0.572. The van der Waals surface area contributed by atoms with Crippen molar-refractivity contribution in [3.05, 3.63) is 0 Å². The molecule has 0 amide bonds. The lowest BCUT2D eigenvalue weighted by atomic mass is 11.9. The molecule has 0 unspecified atom stereocenters. The highest BCUT2D eigenvalue weighted by atomic mass is 29.7. The summed E-state index contributed by atoms with van der Waals surface area (Å²) >= 11 is 0. The number of hydrogen-bond acceptors (Lipinski definition) is 2. The molecule has 0 aromatic rings. The van der Waals surface area contributed by atoms with Gasteiger partial charge < -0.3 is 8.23 Å². The van der Waals surface area contributed by atoms with Crippen molar-refractivity contribution in [3.63, 3.8) is 0 Å². The van der Waals surface area contributed by atoms with E-state index in [0.29, 0.717) is 0 Å². The summed E-state index contributed by atoms with van der Waals surface area (Å²) in [6.45, 7) is 30.3. The molecule has 1 saturated heterocycles. The molecule has 0 bridgehead atoms. The van der Waals surface area contributed by atoms with Crippen molar-refractivity contribution < 1.29 is 8.23 Å². The molecule has 1 aliphatic heterocycles. The van der Waals surface area contributed by atoms with Crippen molar-refractivity contribution in [2.75, 3.05) is 0 Å². The van der Waals surface area contributed by atoms with E-state index in [2.05, 4.69) is 78.6 Å². The Morgan fingerprint density at radius 3 is 0.650 bits per heavy atom. The first-order valence-corrected chi connectivity index (χ1v) is 29.4. The molecule has 8 heteroatoms. The zero-order valence-electron chi connectivity index (χ0n) is 15.8. The fourth-order valence-corrected chi connectivity index (χ4v) is 80.9. The van der Waals surface area contributed by atoms with E-state index in [1.54, 1.807) is 0 Å². The number of rotatable bonds is 0. The molecule has 0 N–H and O–H groups in total. The standard InChI is InChI=1S/C12H36O2Si6/c1-15(2)13-16(3,4)20(11,12)18(7,8)14-17(5,6)19(15,9)10/h1-12H3. The van der Waals surface area contributed by atoms with Crippen molar-refractivity contribution in [2.45, 2.75) is 78.6 Å². The Kier molecular flexibility index (Phi) is 4.68. The molecule has 1 heterocycles. The predicted molar refractivity (Wildman–Crippen MR) is 107 cm³/mol. The molecule has 0 atom stereocenters. The lowest BCUT2D eigenvalue weighted by Crippen LogP contribution is -2.85. The maximum absolute atomic E-state index is 7.16. The van der Waals surface area contributed by atoms with E-state index in [1.807, 2.05) is 0 Å². The first-order valence-electron chi connectivity index (χ1n) is 7.82. The van der Waals surface area contributed by atoms with Crippen LogP contribution in [-0.4, -0.2) is 45.6 Å². The molecule has 20 heavy (non-hydrogen) atoms. The largest absolute Gasteiger partial charge is 0.460 e. The van der Waals surface area contributed by atoms with Crippen LogP contribution in [0.3, 0.4) is 0 Å². The van der Waals surface area contributed by atoms with Crippen LogP contribution in [0.5, 0.6) is 0 Å². The van der Waals surface area contributed by atoms with Crippen molar-refractivity contribution in [1.82, 2.24) is 0 Å². The Morgan fingerprint density at radius 2 is 0.500 bits per heavy atom. The molecular weight excluding hydrogens is 345 g/mol. The average molecular weight is 381 g/mol. The van der Waals surface area contributed by atoms with Gasteiger partial charge in [0.25, 0.3) is 0 Å². The molecule has 0 aliphatic carbocycles. The van der Waals surface area contributed by atoms with Crippen LogP contribution in [0.25, 0.3) is 0 Å². The third kappa shape index (κ3) is 2.63. The molecule has 0 spiro atoms. The molecule has 1 rings (SSSR count). The summed E-state index contributed by atoms with van der Waals surface area (Å²) in [5, 5.41) is 0. The highest BCUT2D eigenvalue weighted by molar-refractivity contribution is 7.73. The second-order valence-corrected chi connectivity index (χ2v) is 62.2. The summed E-state index contributed by atoms with van der Waals surface area (Å²) in [6.07, 6.45) is 0. The summed E-state index contributed by atoms with van der Waals surface area (Å²) in [5.74, 6) is 0. The topological polar surface area (TPSA) is 18.5 Å². The maximum atomic E-state index is 7.16. The van der Waals surface area contributed by atoms with Crippen molar-refractivity contribution >= 4 is 45.6 Å². The second kappa shape index (κ2) is 4.86. The predicted octanol–water partition coefficient (Wildman–Crippen LogP) is 4.58. The van der Waals surface area contributed by atoms with Gasteiger partial charge in [0.15, 0.2) is 31.3 Å². The van der Waals surface area contributed by atoms with Crippen molar-refractivity contribution in [1.29, 1.82) is 0 Å². The molecule has 0 aromatic heterocycles. The summed E-state index contributed by atoms with van der Waals surface area (Å²) in [4.78, 5) is 0. The molecule has 120 valence electrons. The minimum absolute atomic E-state index is 1.44. The maximum Gasteiger partial charge on any atom is 0.160 e. The monoisotopic (exact) mass is 380 g/mol. The normalized spacial score (nSPS) is 33.0. The van der Waals surface area contributed by atoms with Gasteiger partial charge in [0.2, 0.25) is 0 Å². The lowest BCUT2D eigenvalue weighted by molar-refractivity contribution is 0.559. The smallest absolute Gasteiger partial charge is 0.160 e. The third-order valence-corrected chi connectivity index (χ3v) is 88.7. The highest BCUT2D eigenvalue weighted by Gasteiger charge is 2.66. The SMILES string of the molecule is C[Si]1(C)O[Si](C)(C)[Si](C)(C)[Si](C)(C)O[Si](C)(C)[Si]1(C)C. The van der Waals surface area contributed by atoms with Crippen molar-refractivity contribution in [3.8, 4) is 0 Å². The summed E-state index contributed by atoms with van der Waals surface area (Å²) in [6, 6.07) is 0. The van der Waals surface area contributed by atoms with Gasteiger partial charge in [0, 0.05) is 0 Å². The van der Waals surface area contributed by atoms with Gasteiger partial charge in [0.1, 0.15) is 0 Å². The average Bonchev–Trinajstić information content (AvgIpc) is 2.11. The second-order valence-electron chi connectivity index (χ2n) is 9.50. The van der Waals surface area contributed by atoms with E-state index >= 15 is 0 Å². The van der Waals surface area contributed by atoms with Crippen LogP contribution in [0.4, 0.5) is 0 Å². The first-order chi connectivity index (χ1) is 8.41. The van der Waals surface area contributed by atoms with Crippen LogP contribution in [0.2, 0.25) is 78.6 Å². The fraction of sp³-hybridized carbons (Fsp3) is 1.00. The van der Waals surface area contributed by atoms with E-state index in [-0.39, 0.29) is 0 Å². The van der Waals surface area contributed by atoms with Crippen LogP contribution in [0.15, 0.2) is 0 Å². The molecule has 0 aromatic carbocycles. The zero-order valence-corrected chi connectivity index (χ0v) is 21.8. The lowest BCUT2D eigenvalue weighted by Gasteiger charge is -2.60. The molecule has 1 aliphatic rings. The molecule has 0 radical (unpaired) electrons. The molecule has 0 saturated carbocycles. The number of hydrogen-bond donors (Lipinski definition) is 0. The van der Waals surface area contributed by atoms with Gasteiger partial charge in [-0.15, -0.1) is 0 Å². The van der Waals surface area contributed by atoms with E-state index < -0.39 is 45.6 Å². The van der Waals surface area contributed by atoms with Gasteiger partial charge in [-0.25, -0.2) is 0 Å². The Morgan fingerprint density at radius 1 is 0.350 bits per heavy atom. The van der Waals surface area contributed by atoms with E-state index in [0.717, 1.165) is 0 Å². The van der Waals surface area contributed by atoms with Gasteiger partial charge in [0.05, 0.1) is 14.2 Å². The van der Waals surface area contributed by atoms with Crippen LogP contribution in [0.1, 0.15) is 0 Å².